The molecule has 0 saturated carbocycles. The molecule has 1 unspecified atom stereocenters. The zero-order valence-electron chi connectivity index (χ0n) is 11.1. The smallest absolute Gasteiger partial charge is 0.0540 e. The van der Waals surface area contributed by atoms with Crippen molar-refractivity contribution in [1.29, 1.82) is 0 Å². The Balaban J connectivity index is 2.18. The highest BCUT2D eigenvalue weighted by molar-refractivity contribution is 5.21. The van der Waals surface area contributed by atoms with E-state index in [9.17, 15) is 0 Å². The largest absolute Gasteiger partial charge is 0.381 e. The molecule has 1 saturated heterocycles. The maximum Gasteiger partial charge on any atom is 0.0540 e. The number of rotatable bonds is 4. The van der Waals surface area contributed by atoms with E-state index in [1.165, 1.54) is 11.3 Å². The van der Waals surface area contributed by atoms with Crippen LogP contribution in [0.3, 0.4) is 0 Å². The molecule has 0 aromatic carbocycles. The normalized spacial score (nSPS) is 19.5. The van der Waals surface area contributed by atoms with Gasteiger partial charge in [0.25, 0.3) is 0 Å². The van der Waals surface area contributed by atoms with Gasteiger partial charge in [0.05, 0.1) is 6.20 Å². The quantitative estimate of drug-likeness (QED) is 0.868. The number of aryl methyl sites for hydroxylation is 1. The Bertz CT molecular complexity index is 356. The van der Waals surface area contributed by atoms with Gasteiger partial charge in [-0.05, 0) is 32.2 Å². The molecule has 0 radical (unpaired) electrons. The molecule has 2 heterocycles. The summed E-state index contributed by atoms with van der Waals surface area (Å²) >= 11 is 0. The Labute approximate surface area is 103 Å². The monoisotopic (exact) mass is 237 g/mol. The summed E-state index contributed by atoms with van der Waals surface area (Å²) < 4.78 is 7.41. The minimum atomic E-state index is 0.428. The fourth-order valence-corrected chi connectivity index (χ4v) is 2.62. The van der Waals surface area contributed by atoms with Gasteiger partial charge in [-0.1, -0.05) is 6.92 Å². The molecule has 0 amide bonds. The number of nitrogens with zero attached hydrogens (tertiary/aromatic N) is 2. The van der Waals surface area contributed by atoms with Gasteiger partial charge in [-0.3, -0.25) is 4.68 Å². The van der Waals surface area contributed by atoms with Crippen molar-refractivity contribution in [2.75, 3.05) is 19.8 Å². The molecular weight excluding hydrogens is 214 g/mol. The van der Waals surface area contributed by atoms with Crippen molar-refractivity contribution >= 4 is 0 Å². The van der Waals surface area contributed by atoms with E-state index in [-0.39, 0.29) is 0 Å². The molecule has 1 aliphatic rings. The van der Waals surface area contributed by atoms with Gasteiger partial charge < -0.3 is 10.1 Å². The van der Waals surface area contributed by atoms with E-state index >= 15 is 0 Å². The molecule has 2 rings (SSSR count). The summed E-state index contributed by atoms with van der Waals surface area (Å²) in [7, 11) is 2.01. The van der Waals surface area contributed by atoms with Crippen LogP contribution in [0.5, 0.6) is 0 Å². The lowest BCUT2D eigenvalue weighted by Gasteiger charge is -2.30. The van der Waals surface area contributed by atoms with Crippen LogP contribution in [0.2, 0.25) is 0 Å². The molecule has 1 atom stereocenters. The summed E-state index contributed by atoms with van der Waals surface area (Å²) in [6.45, 7) is 7.10. The molecule has 1 aromatic rings. The van der Waals surface area contributed by atoms with Crippen LogP contribution in [0.15, 0.2) is 6.20 Å². The lowest BCUT2D eigenvalue weighted by molar-refractivity contribution is 0.0537. The number of ether oxygens (including phenoxy) is 1. The minimum absolute atomic E-state index is 0.428. The lowest BCUT2D eigenvalue weighted by Crippen LogP contribution is -2.32. The van der Waals surface area contributed by atoms with E-state index in [0.717, 1.165) is 32.6 Å². The van der Waals surface area contributed by atoms with Crippen molar-refractivity contribution < 1.29 is 4.74 Å². The molecule has 96 valence electrons. The predicted octanol–water partition coefficient (Wildman–Crippen LogP) is 1.81. The maximum absolute atomic E-state index is 5.45. The van der Waals surface area contributed by atoms with Crippen molar-refractivity contribution in [3.8, 4) is 0 Å². The fourth-order valence-electron chi connectivity index (χ4n) is 2.62. The number of aromatic nitrogens is 2. The zero-order chi connectivity index (χ0) is 12.3. The first kappa shape index (κ1) is 12.6. The first-order valence-corrected chi connectivity index (χ1v) is 6.53. The van der Waals surface area contributed by atoms with Gasteiger partial charge in [0.1, 0.15) is 0 Å². The summed E-state index contributed by atoms with van der Waals surface area (Å²) in [5, 5.41) is 7.97. The topological polar surface area (TPSA) is 39.1 Å². The van der Waals surface area contributed by atoms with Gasteiger partial charge in [0, 0.05) is 37.6 Å². The Kier molecular flexibility index (Phi) is 4.18. The Morgan fingerprint density at radius 1 is 1.53 bits per heavy atom. The Morgan fingerprint density at radius 2 is 2.24 bits per heavy atom. The standard InChI is InChI=1S/C13H23N3O/c1-4-14-13(11-5-7-17-8-6-11)12-9-15-16(3)10(12)2/h9,11,13-14H,4-8H2,1-3H3. The molecule has 1 aliphatic heterocycles. The maximum atomic E-state index is 5.45. The second kappa shape index (κ2) is 5.65. The molecule has 4 nitrogen and oxygen atoms in total. The van der Waals surface area contributed by atoms with Crippen molar-refractivity contribution in [3.05, 3.63) is 17.5 Å². The molecule has 0 aliphatic carbocycles. The lowest BCUT2D eigenvalue weighted by atomic mass is 9.87. The third-order valence-electron chi connectivity index (χ3n) is 3.77. The first-order chi connectivity index (χ1) is 8.24. The highest BCUT2D eigenvalue weighted by atomic mass is 16.5. The Hall–Kier alpha value is -0.870. The molecular formula is C13H23N3O. The van der Waals surface area contributed by atoms with Gasteiger partial charge in [0.15, 0.2) is 0 Å². The summed E-state index contributed by atoms with van der Waals surface area (Å²) in [6.07, 6.45) is 4.30. The van der Waals surface area contributed by atoms with E-state index in [4.69, 9.17) is 4.74 Å². The molecule has 1 aromatic heterocycles. The van der Waals surface area contributed by atoms with Gasteiger partial charge in [-0.25, -0.2) is 0 Å². The minimum Gasteiger partial charge on any atom is -0.381 e. The fraction of sp³-hybridized carbons (Fsp3) is 0.769. The number of hydrogen-bond acceptors (Lipinski definition) is 3. The summed E-state index contributed by atoms with van der Waals surface area (Å²) in [5.74, 6) is 0.673. The first-order valence-electron chi connectivity index (χ1n) is 6.53. The highest BCUT2D eigenvalue weighted by Crippen LogP contribution is 2.31. The molecule has 0 spiro atoms. The van der Waals surface area contributed by atoms with E-state index in [2.05, 4.69) is 24.3 Å². The van der Waals surface area contributed by atoms with Crippen LogP contribution in [-0.4, -0.2) is 29.5 Å². The van der Waals surface area contributed by atoms with Crippen LogP contribution in [0.25, 0.3) is 0 Å². The molecule has 4 heteroatoms. The van der Waals surface area contributed by atoms with Crippen molar-refractivity contribution in [2.24, 2.45) is 13.0 Å². The predicted molar refractivity (Wildman–Crippen MR) is 67.9 cm³/mol. The van der Waals surface area contributed by atoms with Crippen molar-refractivity contribution in [2.45, 2.75) is 32.7 Å². The van der Waals surface area contributed by atoms with Crippen LogP contribution in [0.4, 0.5) is 0 Å². The van der Waals surface area contributed by atoms with Crippen LogP contribution >= 0.6 is 0 Å². The summed E-state index contributed by atoms with van der Waals surface area (Å²) in [4.78, 5) is 0. The average molecular weight is 237 g/mol. The second-order valence-electron chi connectivity index (χ2n) is 4.79. The Morgan fingerprint density at radius 3 is 2.76 bits per heavy atom. The highest BCUT2D eigenvalue weighted by Gasteiger charge is 2.27. The van der Waals surface area contributed by atoms with Gasteiger partial charge in [-0.2, -0.15) is 5.10 Å². The van der Waals surface area contributed by atoms with Crippen LogP contribution in [-0.2, 0) is 11.8 Å². The van der Waals surface area contributed by atoms with Crippen LogP contribution < -0.4 is 5.32 Å². The van der Waals surface area contributed by atoms with E-state index < -0.39 is 0 Å². The second-order valence-corrected chi connectivity index (χ2v) is 4.79. The van der Waals surface area contributed by atoms with E-state index in [1.54, 1.807) is 0 Å². The molecule has 1 fully saturated rings. The number of hydrogen-bond donors (Lipinski definition) is 1. The van der Waals surface area contributed by atoms with Gasteiger partial charge in [0.2, 0.25) is 0 Å². The van der Waals surface area contributed by atoms with Crippen LogP contribution in [0.1, 0.15) is 37.1 Å². The van der Waals surface area contributed by atoms with E-state index in [0.29, 0.717) is 12.0 Å². The number of nitrogens with one attached hydrogen (secondary N) is 1. The zero-order valence-corrected chi connectivity index (χ0v) is 11.1. The van der Waals surface area contributed by atoms with Crippen LogP contribution in [0, 0.1) is 12.8 Å². The third kappa shape index (κ3) is 2.69. The van der Waals surface area contributed by atoms with E-state index in [1.807, 2.05) is 17.9 Å². The van der Waals surface area contributed by atoms with Gasteiger partial charge >= 0.3 is 0 Å². The SMILES string of the molecule is CCNC(c1cnn(C)c1C)C1CCOCC1. The third-order valence-corrected chi connectivity index (χ3v) is 3.77. The van der Waals surface area contributed by atoms with Gasteiger partial charge in [-0.15, -0.1) is 0 Å². The summed E-state index contributed by atoms with van der Waals surface area (Å²) in [6, 6.07) is 0.428. The van der Waals surface area contributed by atoms with Crippen molar-refractivity contribution in [1.82, 2.24) is 15.1 Å². The van der Waals surface area contributed by atoms with Crippen molar-refractivity contribution in [3.63, 3.8) is 0 Å². The average Bonchev–Trinajstić information content (AvgIpc) is 2.69. The molecule has 0 bridgehead atoms. The molecule has 17 heavy (non-hydrogen) atoms. The summed E-state index contributed by atoms with van der Waals surface area (Å²) in [5.41, 5.74) is 2.61. The molecule has 1 N–H and O–H groups in total.